The molecule has 3 aromatic rings. The van der Waals surface area contributed by atoms with Crippen molar-refractivity contribution in [1.82, 2.24) is 19.8 Å². The van der Waals surface area contributed by atoms with E-state index in [1.165, 1.54) is 15.4 Å². The van der Waals surface area contributed by atoms with Crippen LogP contribution in [-0.2, 0) is 19.2 Å². The fourth-order valence-electron chi connectivity index (χ4n) is 2.81. The highest BCUT2D eigenvalue weighted by Gasteiger charge is 2.14. The quantitative estimate of drug-likeness (QED) is 0.441. The van der Waals surface area contributed by atoms with Gasteiger partial charge in [-0.2, -0.15) is 9.36 Å². The highest BCUT2D eigenvalue weighted by molar-refractivity contribution is 8.38. The summed E-state index contributed by atoms with van der Waals surface area (Å²) in [5.74, 6) is 0.449. The molecule has 0 unspecified atom stereocenters. The first-order valence-corrected chi connectivity index (χ1v) is 11.2. The van der Waals surface area contributed by atoms with Gasteiger partial charge in [0.25, 0.3) is 0 Å². The van der Waals surface area contributed by atoms with Gasteiger partial charge in [0.15, 0.2) is 0 Å². The summed E-state index contributed by atoms with van der Waals surface area (Å²) < 4.78 is 17.2. The minimum absolute atomic E-state index is 0.194. The first-order chi connectivity index (χ1) is 14.0. The summed E-state index contributed by atoms with van der Waals surface area (Å²) in [6.07, 6.45) is 2.53. The minimum Gasteiger partial charge on any atom is -0.271 e. The number of aryl methyl sites for hydroxylation is 2. The van der Waals surface area contributed by atoms with Gasteiger partial charge in [0.1, 0.15) is 10.2 Å². The number of halogens is 1. The van der Waals surface area contributed by atoms with E-state index < -0.39 is 0 Å². The molecule has 152 valence electrons. The predicted molar refractivity (Wildman–Crippen MR) is 119 cm³/mol. The van der Waals surface area contributed by atoms with Crippen LogP contribution < -0.4 is 5.69 Å². The second-order valence-corrected chi connectivity index (χ2v) is 8.37. The Bertz CT molecular complexity index is 1080. The summed E-state index contributed by atoms with van der Waals surface area (Å²) in [4.78, 5) is 16.9. The van der Waals surface area contributed by atoms with Crippen LogP contribution in [0.5, 0.6) is 0 Å². The first-order valence-electron chi connectivity index (χ1n) is 9.03. The topological polar surface area (TPSA) is 65.1 Å². The van der Waals surface area contributed by atoms with Crippen LogP contribution in [0.3, 0.4) is 0 Å². The van der Waals surface area contributed by atoms with Crippen molar-refractivity contribution in [3.05, 3.63) is 75.5 Å². The molecular formula is C20H22FN5OS2. The molecule has 0 N–H and O–H groups in total. The van der Waals surface area contributed by atoms with E-state index >= 15 is 0 Å². The third-order valence-electron chi connectivity index (χ3n) is 4.43. The van der Waals surface area contributed by atoms with Crippen LogP contribution in [-0.4, -0.2) is 37.0 Å². The SMILES string of the molecule is CS/C(=N\CCc1ccccc1F)SCc1c(C)cccc1-n1nnn(C)c1=O. The van der Waals surface area contributed by atoms with Gasteiger partial charge in [-0.25, -0.2) is 9.18 Å². The van der Waals surface area contributed by atoms with Crippen molar-refractivity contribution in [2.75, 3.05) is 12.8 Å². The molecule has 0 radical (unpaired) electrons. The molecule has 1 aromatic heterocycles. The van der Waals surface area contributed by atoms with E-state index in [2.05, 4.69) is 15.4 Å². The van der Waals surface area contributed by atoms with Gasteiger partial charge in [0.05, 0.1) is 5.69 Å². The second-order valence-electron chi connectivity index (χ2n) is 6.35. The summed E-state index contributed by atoms with van der Waals surface area (Å²) in [6.45, 7) is 2.53. The molecule has 0 amide bonds. The van der Waals surface area contributed by atoms with E-state index in [1.807, 2.05) is 37.4 Å². The van der Waals surface area contributed by atoms with Crippen molar-refractivity contribution in [2.45, 2.75) is 19.1 Å². The Morgan fingerprint density at radius 2 is 1.97 bits per heavy atom. The van der Waals surface area contributed by atoms with Crippen LogP contribution in [0.25, 0.3) is 5.69 Å². The van der Waals surface area contributed by atoms with E-state index in [0.29, 0.717) is 24.3 Å². The number of benzene rings is 2. The molecule has 6 nitrogen and oxygen atoms in total. The molecule has 3 rings (SSSR count). The van der Waals surface area contributed by atoms with Gasteiger partial charge in [-0.3, -0.25) is 4.99 Å². The number of thioether (sulfide) groups is 2. The Balaban J connectivity index is 1.73. The van der Waals surface area contributed by atoms with Crippen LogP contribution >= 0.6 is 23.5 Å². The Labute approximate surface area is 177 Å². The Morgan fingerprint density at radius 1 is 1.17 bits per heavy atom. The summed E-state index contributed by atoms with van der Waals surface area (Å²) in [5.41, 5.74) is 3.19. The van der Waals surface area contributed by atoms with Gasteiger partial charge < -0.3 is 0 Å². The molecule has 0 aliphatic heterocycles. The number of aromatic nitrogens is 4. The molecule has 1 heterocycles. The van der Waals surface area contributed by atoms with Crippen molar-refractivity contribution in [3.63, 3.8) is 0 Å². The fourth-order valence-corrected chi connectivity index (χ4v) is 4.50. The average molecular weight is 432 g/mol. The van der Waals surface area contributed by atoms with Crippen molar-refractivity contribution in [2.24, 2.45) is 12.0 Å². The number of nitrogens with zero attached hydrogens (tertiary/aromatic N) is 5. The lowest BCUT2D eigenvalue weighted by atomic mass is 10.1. The number of hydrogen-bond donors (Lipinski definition) is 0. The van der Waals surface area contributed by atoms with Crippen molar-refractivity contribution in [1.29, 1.82) is 0 Å². The van der Waals surface area contributed by atoms with Gasteiger partial charge in [-0.1, -0.05) is 42.1 Å². The van der Waals surface area contributed by atoms with Crippen LogP contribution in [0.15, 0.2) is 52.3 Å². The first kappa shape index (κ1) is 21.3. The summed E-state index contributed by atoms with van der Waals surface area (Å²) in [5, 5.41) is 7.77. The predicted octanol–water partition coefficient (Wildman–Crippen LogP) is 3.61. The molecule has 0 bridgehead atoms. The van der Waals surface area contributed by atoms with Crippen LogP contribution in [0.4, 0.5) is 4.39 Å². The van der Waals surface area contributed by atoms with Crippen LogP contribution in [0.1, 0.15) is 16.7 Å². The lowest BCUT2D eigenvalue weighted by Crippen LogP contribution is -2.23. The normalized spacial score (nSPS) is 11.8. The van der Waals surface area contributed by atoms with E-state index in [9.17, 15) is 9.18 Å². The van der Waals surface area contributed by atoms with Gasteiger partial charge >= 0.3 is 5.69 Å². The summed E-state index contributed by atoms with van der Waals surface area (Å²) >= 11 is 3.16. The van der Waals surface area contributed by atoms with E-state index in [0.717, 1.165) is 21.2 Å². The Hall–Kier alpha value is -2.39. The molecule has 0 aliphatic rings. The smallest absolute Gasteiger partial charge is 0.271 e. The number of hydrogen-bond acceptors (Lipinski definition) is 6. The average Bonchev–Trinajstić information content (AvgIpc) is 3.05. The lowest BCUT2D eigenvalue weighted by Gasteiger charge is -2.11. The maximum atomic E-state index is 13.8. The number of aliphatic imine (C=N–C) groups is 1. The minimum atomic E-state index is -0.287. The highest BCUT2D eigenvalue weighted by Crippen LogP contribution is 2.26. The second kappa shape index (κ2) is 9.89. The zero-order valence-electron chi connectivity index (χ0n) is 16.5. The highest BCUT2D eigenvalue weighted by atomic mass is 32.2. The van der Waals surface area contributed by atoms with E-state index in [1.54, 1.807) is 42.7 Å². The maximum Gasteiger partial charge on any atom is 0.368 e. The standard InChI is InChI=1S/C20H22FN5OS2/c1-14-7-6-10-18(26-20(27)25(2)23-24-26)16(14)13-29-19(28-3)22-12-11-15-8-4-5-9-17(15)21/h4-10H,11-13H2,1-3H3/b22-19+. The van der Waals surface area contributed by atoms with Crippen molar-refractivity contribution < 1.29 is 4.39 Å². The number of rotatable bonds is 6. The molecule has 0 atom stereocenters. The maximum absolute atomic E-state index is 13.8. The molecular weight excluding hydrogens is 409 g/mol. The fraction of sp³-hybridized carbons (Fsp3) is 0.300. The molecule has 29 heavy (non-hydrogen) atoms. The number of tetrazole rings is 1. The van der Waals surface area contributed by atoms with Crippen molar-refractivity contribution in [3.8, 4) is 5.69 Å². The third-order valence-corrected chi connectivity index (χ3v) is 6.57. The zero-order valence-corrected chi connectivity index (χ0v) is 18.1. The van der Waals surface area contributed by atoms with E-state index in [-0.39, 0.29) is 11.5 Å². The van der Waals surface area contributed by atoms with Gasteiger partial charge in [-0.05, 0) is 58.9 Å². The molecule has 0 aliphatic carbocycles. The van der Waals surface area contributed by atoms with Crippen molar-refractivity contribution >= 4 is 27.9 Å². The molecule has 9 heteroatoms. The lowest BCUT2D eigenvalue weighted by molar-refractivity contribution is 0.610. The summed E-state index contributed by atoms with van der Waals surface area (Å²) in [7, 11) is 1.57. The van der Waals surface area contributed by atoms with Crippen LogP contribution in [0, 0.1) is 12.7 Å². The van der Waals surface area contributed by atoms with Gasteiger partial charge in [0, 0.05) is 19.3 Å². The zero-order chi connectivity index (χ0) is 20.8. The van der Waals surface area contributed by atoms with Crippen LogP contribution in [0.2, 0.25) is 0 Å². The Kier molecular flexibility index (Phi) is 7.27. The molecule has 2 aromatic carbocycles. The Morgan fingerprint density at radius 3 is 2.66 bits per heavy atom. The van der Waals surface area contributed by atoms with Gasteiger partial charge in [0.2, 0.25) is 0 Å². The largest absolute Gasteiger partial charge is 0.368 e. The monoisotopic (exact) mass is 431 g/mol. The summed E-state index contributed by atoms with van der Waals surface area (Å²) in [6, 6.07) is 12.6. The van der Waals surface area contributed by atoms with E-state index in [4.69, 9.17) is 0 Å². The molecule has 0 fully saturated rings. The molecule has 0 saturated heterocycles. The third kappa shape index (κ3) is 5.16. The molecule has 0 spiro atoms. The molecule has 0 saturated carbocycles. The van der Waals surface area contributed by atoms with Gasteiger partial charge in [-0.15, -0.1) is 11.8 Å².